The van der Waals surface area contributed by atoms with Gasteiger partial charge in [-0.25, -0.2) is 0 Å². The summed E-state index contributed by atoms with van der Waals surface area (Å²) >= 11 is 1.75. The fourth-order valence-corrected chi connectivity index (χ4v) is 2.26. The van der Waals surface area contributed by atoms with Crippen LogP contribution in [0.4, 0.5) is 5.82 Å². The number of aromatic nitrogens is 2. The molecule has 0 amide bonds. The summed E-state index contributed by atoms with van der Waals surface area (Å²) in [4.78, 5) is 1.34. The van der Waals surface area contributed by atoms with Crippen molar-refractivity contribution < 1.29 is 0 Å². The highest BCUT2D eigenvalue weighted by Gasteiger charge is 2.10. The molecule has 2 aromatic heterocycles. The molecule has 0 bridgehead atoms. The first-order valence-corrected chi connectivity index (χ1v) is 5.32. The van der Waals surface area contributed by atoms with Crippen LogP contribution in [-0.4, -0.2) is 9.78 Å². The Kier molecular flexibility index (Phi) is 2.07. The van der Waals surface area contributed by atoms with Gasteiger partial charge in [0.25, 0.3) is 0 Å². The van der Waals surface area contributed by atoms with Gasteiger partial charge in [0.15, 0.2) is 0 Å². The Morgan fingerprint density at radius 1 is 1.43 bits per heavy atom. The van der Waals surface area contributed by atoms with Crippen molar-refractivity contribution in [2.24, 2.45) is 7.05 Å². The monoisotopic (exact) mass is 207 g/mol. The Morgan fingerprint density at radius 2 is 2.14 bits per heavy atom. The van der Waals surface area contributed by atoms with Gasteiger partial charge < -0.3 is 5.73 Å². The molecular weight excluding hydrogens is 194 g/mol. The number of nitrogens with zero attached hydrogens (tertiary/aromatic N) is 2. The molecule has 0 unspecified atom stereocenters. The predicted molar refractivity (Wildman–Crippen MR) is 60.4 cm³/mol. The minimum absolute atomic E-state index is 0.697. The number of hydrogen-bond donors (Lipinski definition) is 1. The smallest absolute Gasteiger partial charge is 0.121 e. The summed E-state index contributed by atoms with van der Waals surface area (Å²) in [5.74, 6) is 0.697. The molecule has 0 saturated heterocycles. The molecule has 2 N–H and O–H groups in total. The number of nitrogens with two attached hydrogens (primary N) is 1. The minimum Gasteiger partial charge on any atom is -0.384 e. The van der Waals surface area contributed by atoms with E-state index in [1.807, 2.05) is 13.1 Å². The molecule has 0 saturated carbocycles. The topological polar surface area (TPSA) is 43.8 Å². The lowest BCUT2D eigenvalue weighted by Gasteiger charge is -1.94. The van der Waals surface area contributed by atoms with Crippen molar-refractivity contribution in [3.8, 4) is 11.3 Å². The van der Waals surface area contributed by atoms with Gasteiger partial charge in [0, 0.05) is 28.9 Å². The van der Waals surface area contributed by atoms with Crippen molar-refractivity contribution in [3.63, 3.8) is 0 Å². The molecule has 0 fully saturated rings. The van der Waals surface area contributed by atoms with E-state index in [1.54, 1.807) is 16.0 Å². The van der Waals surface area contributed by atoms with Crippen LogP contribution in [0, 0.1) is 13.8 Å². The van der Waals surface area contributed by atoms with Crippen LogP contribution in [0.2, 0.25) is 0 Å². The fraction of sp³-hybridized carbons (Fsp3) is 0.300. The van der Waals surface area contributed by atoms with Gasteiger partial charge in [0.2, 0.25) is 0 Å². The number of hydrogen-bond acceptors (Lipinski definition) is 3. The normalized spacial score (nSPS) is 10.8. The molecule has 0 spiro atoms. The van der Waals surface area contributed by atoms with Gasteiger partial charge in [-0.1, -0.05) is 0 Å². The molecule has 2 aromatic rings. The summed E-state index contributed by atoms with van der Waals surface area (Å²) < 4.78 is 1.70. The molecule has 74 valence electrons. The van der Waals surface area contributed by atoms with E-state index in [4.69, 9.17) is 5.73 Å². The predicted octanol–water partition coefficient (Wildman–Crippen LogP) is 2.35. The minimum atomic E-state index is 0.697. The molecule has 0 aliphatic rings. The third kappa shape index (κ3) is 1.32. The van der Waals surface area contributed by atoms with E-state index in [9.17, 15) is 0 Å². The molecule has 0 aliphatic carbocycles. The molecule has 2 heterocycles. The van der Waals surface area contributed by atoms with Crippen LogP contribution in [0.25, 0.3) is 11.3 Å². The average Bonchev–Trinajstić information content (AvgIpc) is 2.61. The van der Waals surface area contributed by atoms with Gasteiger partial charge in [0.1, 0.15) is 5.82 Å². The van der Waals surface area contributed by atoms with Crippen LogP contribution in [0.3, 0.4) is 0 Å². The van der Waals surface area contributed by atoms with Gasteiger partial charge in [-0.3, -0.25) is 4.68 Å². The molecule has 2 rings (SSSR count). The molecule has 14 heavy (non-hydrogen) atoms. The molecular formula is C10H13N3S. The first-order chi connectivity index (χ1) is 6.59. The largest absolute Gasteiger partial charge is 0.384 e. The first kappa shape index (κ1) is 9.27. The molecule has 0 atom stereocenters. The zero-order valence-electron chi connectivity index (χ0n) is 8.53. The molecule has 4 heteroatoms. The third-order valence-corrected chi connectivity index (χ3v) is 3.49. The molecule has 0 radical (unpaired) electrons. The maximum atomic E-state index is 5.74. The van der Waals surface area contributed by atoms with Crippen LogP contribution < -0.4 is 5.73 Å². The van der Waals surface area contributed by atoms with E-state index in [1.165, 1.54) is 16.0 Å². The van der Waals surface area contributed by atoms with Gasteiger partial charge in [-0.05, 0) is 19.4 Å². The molecule has 3 nitrogen and oxygen atoms in total. The zero-order valence-corrected chi connectivity index (χ0v) is 9.35. The van der Waals surface area contributed by atoms with E-state index in [2.05, 4.69) is 24.3 Å². The Balaban J connectivity index is 2.54. The maximum absolute atomic E-state index is 5.74. The zero-order chi connectivity index (χ0) is 10.3. The van der Waals surface area contributed by atoms with Crippen LogP contribution >= 0.6 is 11.3 Å². The fourth-order valence-electron chi connectivity index (χ4n) is 1.38. The first-order valence-electron chi connectivity index (χ1n) is 4.44. The Bertz CT molecular complexity index is 448. The highest BCUT2D eigenvalue weighted by atomic mass is 32.1. The summed E-state index contributed by atoms with van der Waals surface area (Å²) in [7, 11) is 1.85. The molecule has 0 aliphatic heterocycles. The van der Waals surface area contributed by atoms with Gasteiger partial charge in [-0.2, -0.15) is 5.10 Å². The van der Waals surface area contributed by atoms with E-state index in [-0.39, 0.29) is 0 Å². The van der Waals surface area contributed by atoms with Crippen LogP contribution in [0.1, 0.15) is 10.4 Å². The second-order valence-corrected chi connectivity index (χ2v) is 4.49. The lowest BCUT2D eigenvalue weighted by Crippen LogP contribution is -1.96. The van der Waals surface area contributed by atoms with Crippen LogP contribution in [-0.2, 0) is 7.05 Å². The van der Waals surface area contributed by atoms with Gasteiger partial charge in [0.05, 0.1) is 5.69 Å². The Labute approximate surface area is 87.2 Å². The second kappa shape index (κ2) is 3.13. The van der Waals surface area contributed by atoms with E-state index >= 15 is 0 Å². The Hall–Kier alpha value is -1.29. The SMILES string of the molecule is Cc1scc(-c2cc(N)n(C)n2)c1C. The number of rotatable bonds is 1. The van der Waals surface area contributed by atoms with Crippen LogP contribution in [0.5, 0.6) is 0 Å². The quantitative estimate of drug-likeness (QED) is 0.780. The van der Waals surface area contributed by atoms with Crippen molar-refractivity contribution in [1.82, 2.24) is 9.78 Å². The van der Waals surface area contributed by atoms with Crippen molar-refractivity contribution in [2.45, 2.75) is 13.8 Å². The van der Waals surface area contributed by atoms with E-state index < -0.39 is 0 Å². The van der Waals surface area contributed by atoms with E-state index in [0.29, 0.717) is 5.82 Å². The number of thiophene rings is 1. The number of nitrogen functional groups attached to an aromatic ring is 1. The third-order valence-electron chi connectivity index (χ3n) is 2.48. The lowest BCUT2D eigenvalue weighted by molar-refractivity contribution is 0.782. The van der Waals surface area contributed by atoms with Gasteiger partial charge >= 0.3 is 0 Å². The van der Waals surface area contributed by atoms with Gasteiger partial charge in [-0.15, -0.1) is 11.3 Å². The average molecular weight is 207 g/mol. The maximum Gasteiger partial charge on any atom is 0.121 e. The summed E-state index contributed by atoms with van der Waals surface area (Å²) in [5.41, 5.74) is 9.20. The number of anilines is 1. The van der Waals surface area contributed by atoms with Crippen molar-refractivity contribution in [2.75, 3.05) is 5.73 Å². The summed E-state index contributed by atoms with van der Waals surface area (Å²) in [6.45, 7) is 4.24. The van der Waals surface area contributed by atoms with E-state index in [0.717, 1.165) is 5.69 Å². The second-order valence-electron chi connectivity index (χ2n) is 3.41. The van der Waals surface area contributed by atoms with Crippen molar-refractivity contribution >= 4 is 17.2 Å². The van der Waals surface area contributed by atoms with Crippen LogP contribution in [0.15, 0.2) is 11.4 Å². The summed E-state index contributed by atoms with van der Waals surface area (Å²) in [6.07, 6.45) is 0. The van der Waals surface area contributed by atoms with Crippen molar-refractivity contribution in [1.29, 1.82) is 0 Å². The highest BCUT2D eigenvalue weighted by molar-refractivity contribution is 7.10. The van der Waals surface area contributed by atoms with Crippen molar-refractivity contribution in [3.05, 3.63) is 21.9 Å². The summed E-state index contributed by atoms with van der Waals surface area (Å²) in [5, 5.41) is 6.48. The lowest BCUT2D eigenvalue weighted by atomic mass is 10.1. The standard InChI is InChI=1S/C10H13N3S/c1-6-7(2)14-5-8(6)9-4-10(11)13(3)12-9/h4-5H,11H2,1-3H3. The highest BCUT2D eigenvalue weighted by Crippen LogP contribution is 2.30. The summed E-state index contributed by atoms with van der Waals surface area (Å²) in [6, 6.07) is 1.91. The molecule has 0 aromatic carbocycles. The Morgan fingerprint density at radius 3 is 2.57 bits per heavy atom. The number of aryl methyl sites for hydroxylation is 2.